The Kier molecular flexibility index (Phi) is 4.66. The highest BCUT2D eigenvalue weighted by molar-refractivity contribution is 5.86. The van der Waals surface area contributed by atoms with Gasteiger partial charge in [0, 0.05) is 12.6 Å². The molecule has 1 aliphatic heterocycles. The molecule has 0 N–H and O–H groups in total. The molecule has 0 unspecified atom stereocenters. The van der Waals surface area contributed by atoms with Crippen LogP contribution in [0, 0.1) is 11.3 Å². The summed E-state index contributed by atoms with van der Waals surface area (Å²) in [4.78, 5) is 0. The SMILES string of the molecule is CC(C)CC(C)(C)/C=C/C=C1/C=NN=CC1. The molecule has 0 atom stereocenters. The molecule has 0 saturated carbocycles. The van der Waals surface area contributed by atoms with Gasteiger partial charge in [-0.1, -0.05) is 45.9 Å². The molecule has 0 radical (unpaired) electrons. The van der Waals surface area contributed by atoms with Gasteiger partial charge in [0.25, 0.3) is 0 Å². The number of allylic oxidation sites excluding steroid dienone is 4. The molecule has 0 saturated heterocycles. The Hall–Kier alpha value is -1.18. The predicted molar refractivity (Wildman–Crippen MR) is 72.1 cm³/mol. The van der Waals surface area contributed by atoms with Crippen molar-refractivity contribution < 1.29 is 0 Å². The van der Waals surface area contributed by atoms with Gasteiger partial charge >= 0.3 is 0 Å². The first-order valence-corrected chi connectivity index (χ1v) is 5.93. The fraction of sp³-hybridized carbons (Fsp3) is 0.571. The van der Waals surface area contributed by atoms with E-state index in [0.29, 0.717) is 0 Å². The third-order valence-electron chi connectivity index (χ3n) is 2.49. The van der Waals surface area contributed by atoms with E-state index in [-0.39, 0.29) is 5.41 Å². The maximum Gasteiger partial charge on any atom is 0.0531 e. The average molecular weight is 218 g/mol. The van der Waals surface area contributed by atoms with Gasteiger partial charge in [-0.3, -0.25) is 0 Å². The lowest BCUT2D eigenvalue weighted by molar-refractivity contribution is 0.366. The topological polar surface area (TPSA) is 24.7 Å². The van der Waals surface area contributed by atoms with Crippen molar-refractivity contribution in [1.29, 1.82) is 0 Å². The zero-order valence-electron chi connectivity index (χ0n) is 10.8. The molecule has 1 heterocycles. The van der Waals surface area contributed by atoms with E-state index in [1.807, 2.05) is 12.4 Å². The second-order valence-corrected chi connectivity index (χ2v) is 5.43. The lowest BCUT2D eigenvalue weighted by Gasteiger charge is -2.22. The third kappa shape index (κ3) is 5.06. The van der Waals surface area contributed by atoms with Gasteiger partial charge in [0.05, 0.1) is 6.21 Å². The molecule has 2 nitrogen and oxygen atoms in total. The third-order valence-corrected chi connectivity index (χ3v) is 2.49. The van der Waals surface area contributed by atoms with E-state index < -0.39 is 0 Å². The van der Waals surface area contributed by atoms with Crippen molar-refractivity contribution in [3.8, 4) is 0 Å². The van der Waals surface area contributed by atoms with Gasteiger partial charge in [-0.25, -0.2) is 0 Å². The fourth-order valence-corrected chi connectivity index (χ4v) is 2.02. The lowest BCUT2D eigenvalue weighted by atomic mass is 9.83. The number of rotatable bonds is 4. The molecule has 2 heteroatoms. The van der Waals surface area contributed by atoms with E-state index in [2.05, 4.69) is 56.1 Å². The maximum atomic E-state index is 3.86. The van der Waals surface area contributed by atoms with Gasteiger partial charge in [-0.15, -0.1) is 0 Å². The summed E-state index contributed by atoms with van der Waals surface area (Å²) in [6.45, 7) is 9.08. The summed E-state index contributed by atoms with van der Waals surface area (Å²) in [6, 6.07) is 0. The van der Waals surface area contributed by atoms with Crippen LogP contribution in [0.1, 0.15) is 40.5 Å². The van der Waals surface area contributed by atoms with Crippen molar-refractivity contribution in [1.82, 2.24) is 0 Å². The highest BCUT2D eigenvalue weighted by Gasteiger charge is 2.14. The van der Waals surface area contributed by atoms with Gasteiger partial charge in [-0.2, -0.15) is 10.2 Å². The Morgan fingerprint density at radius 1 is 1.38 bits per heavy atom. The average Bonchev–Trinajstić information content (AvgIpc) is 2.16. The second-order valence-electron chi connectivity index (χ2n) is 5.43. The van der Waals surface area contributed by atoms with Crippen molar-refractivity contribution in [2.45, 2.75) is 40.5 Å². The first-order chi connectivity index (χ1) is 7.49. The lowest BCUT2D eigenvalue weighted by Crippen LogP contribution is -2.10. The summed E-state index contributed by atoms with van der Waals surface area (Å²) in [6.07, 6.45) is 12.3. The summed E-state index contributed by atoms with van der Waals surface area (Å²) < 4.78 is 0. The fourth-order valence-electron chi connectivity index (χ4n) is 2.02. The summed E-state index contributed by atoms with van der Waals surface area (Å²) in [5.41, 5.74) is 1.48. The van der Waals surface area contributed by atoms with E-state index in [1.165, 1.54) is 12.0 Å². The highest BCUT2D eigenvalue weighted by atomic mass is 15.2. The first-order valence-electron chi connectivity index (χ1n) is 5.93. The van der Waals surface area contributed by atoms with Crippen LogP contribution >= 0.6 is 0 Å². The van der Waals surface area contributed by atoms with Gasteiger partial charge < -0.3 is 0 Å². The van der Waals surface area contributed by atoms with Crippen LogP contribution in [0.15, 0.2) is 34.0 Å². The number of nitrogens with zero attached hydrogens (tertiary/aromatic N) is 2. The highest BCUT2D eigenvalue weighted by Crippen LogP contribution is 2.26. The van der Waals surface area contributed by atoms with Gasteiger partial charge in [0.1, 0.15) is 0 Å². The van der Waals surface area contributed by atoms with Crippen LogP contribution in [0.5, 0.6) is 0 Å². The molecule has 88 valence electrons. The van der Waals surface area contributed by atoms with Crippen LogP contribution in [0.4, 0.5) is 0 Å². The normalized spacial score (nSPS) is 19.2. The van der Waals surface area contributed by atoms with Crippen molar-refractivity contribution >= 4 is 12.4 Å². The first kappa shape index (κ1) is 12.9. The van der Waals surface area contributed by atoms with Gasteiger partial charge in [-0.05, 0) is 23.3 Å². The van der Waals surface area contributed by atoms with E-state index in [9.17, 15) is 0 Å². The van der Waals surface area contributed by atoms with Crippen LogP contribution in [-0.2, 0) is 0 Å². The molecular weight excluding hydrogens is 196 g/mol. The molecule has 0 fully saturated rings. The quantitative estimate of drug-likeness (QED) is 0.681. The predicted octanol–water partition coefficient (Wildman–Crippen LogP) is 4.00. The largest absolute Gasteiger partial charge is 0.163 e. The molecule has 0 aromatic rings. The smallest absolute Gasteiger partial charge is 0.0531 e. The number of hydrogen-bond acceptors (Lipinski definition) is 2. The molecule has 0 aromatic carbocycles. The Morgan fingerprint density at radius 3 is 2.69 bits per heavy atom. The molecule has 0 bridgehead atoms. The molecule has 0 amide bonds. The summed E-state index contributed by atoms with van der Waals surface area (Å²) >= 11 is 0. The summed E-state index contributed by atoms with van der Waals surface area (Å²) in [7, 11) is 0. The monoisotopic (exact) mass is 218 g/mol. The van der Waals surface area contributed by atoms with E-state index >= 15 is 0 Å². The number of hydrogen-bond donors (Lipinski definition) is 0. The standard InChI is InChI=1S/C14H22N2/c1-12(2)10-14(3,4)8-5-6-13-7-9-15-16-11-13/h5-6,8-9,11-12H,7,10H2,1-4H3/b8-5+,13-6+. The molecule has 0 aromatic heterocycles. The Bertz CT molecular complexity index is 331. The second kappa shape index (κ2) is 5.78. The van der Waals surface area contributed by atoms with Crippen LogP contribution in [-0.4, -0.2) is 12.4 Å². The van der Waals surface area contributed by atoms with Gasteiger partial charge in [0.15, 0.2) is 0 Å². The van der Waals surface area contributed by atoms with Crippen LogP contribution in [0.2, 0.25) is 0 Å². The van der Waals surface area contributed by atoms with Crippen LogP contribution in [0.3, 0.4) is 0 Å². The maximum absolute atomic E-state index is 3.86. The van der Waals surface area contributed by atoms with Crippen molar-refractivity contribution in [3.63, 3.8) is 0 Å². The molecular formula is C14H22N2. The molecule has 16 heavy (non-hydrogen) atoms. The van der Waals surface area contributed by atoms with Crippen molar-refractivity contribution in [3.05, 3.63) is 23.8 Å². The Labute approximate surface area is 98.9 Å². The minimum Gasteiger partial charge on any atom is -0.163 e. The minimum atomic E-state index is 0.269. The molecule has 1 aliphatic rings. The van der Waals surface area contributed by atoms with Crippen molar-refractivity contribution in [2.75, 3.05) is 0 Å². The van der Waals surface area contributed by atoms with Gasteiger partial charge in [0.2, 0.25) is 0 Å². The van der Waals surface area contributed by atoms with E-state index in [4.69, 9.17) is 0 Å². The van der Waals surface area contributed by atoms with Crippen LogP contribution < -0.4 is 0 Å². The van der Waals surface area contributed by atoms with E-state index in [0.717, 1.165) is 12.3 Å². The van der Waals surface area contributed by atoms with E-state index in [1.54, 1.807) is 0 Å². The zero-order valence-corrected chi connectivity index (χ0v) is 10.8. The molecule has 0 spiro atoms. The Balaban J connectivity index is 2.53. The Morgan fingerprint density at radius 2 is 2.12 bits per heavy atom. The summed E-state index contributed by atoms with van der Waals surface area (Å²) in [5, 5.41) is 7.67. The zero-order chi connectivity index (χ0) is 12.0. The molecule has 0 aliphatic carbocycles. The van der Waals surface area contributed by atoms with Crippen molar-refractivity contribution in [2.24, 2.45) is 21.5 Å². The van der Waals surface area contributed by atoms with Crippen LogP contribution in [0.25, 0.3) is 0 Å². The summed E-state index contributed by atoms with van der Waals surface area (Å²) in [5.74, 6) is 0.732. The molecule has 1 rings (SSSR count). The minimum absolute atomic E-state index is 0.269.